The first-order valence-corrected chi connectivity index (χ1v) is 5.96. The second-order valence-corrected chi connectivity index (χ2v) is 3.57. The second-order valence-electron chi connectivity index (χ2n) is 3.13. The van der Waals surface area contributed by atoms with E-state index in [4.69, 9.17) is 16.3 Å². The minimum absolute atomic E-state index is 0.474. The molecule has 0 aliphatic carbocycles. The molecule has 0 unspecified atom stereocenters. The molecule has 0 saturated carbocycles. The average Bonchev–Trinajstić information content (AvgIpc) is 2.38. The number of pyridine rings is 1. The maximum atomic E-state index is 5.89. The lowest BCUT2D eigenvalue weighted by Gasteiger charge is -2.08. The highest BCUT2D eigenvalue weighted by Gasteiger charge is 2.01. The Morgan fingerprint density at radius 2 is 2.06 bits per heavy atom. The first-order valence-electron chi connectivity index (χ1n) is 5.58. The van der Waals surface area contributed by atoms with Gasteiger partial charge in [-0.05, 0) is 24.3 Å². The summed E-state index contributed by atoms with van der Waals surface area (Å²) in [6.07, 6.45) is 1.75. The van der Waals surface area contributed by atoms with Crippen LogP contribution in [0.3, 0.4) is 0 Å². The van der Waals surface area contributed by atoms with Crippen LogP contribution < -0.4 is 5.32 Å². The Hall–Kier alpha value is -1.32. The quantitative estimate of drug-likeness (QED) is 0.841. The van der Waals surface area contributed by atoms with E-state index in [-0.39, 0.29) is 0 Å². The van der Waals surface area contributed by atoms with Crippen LogP contribution in [0, 0.1) is 0 Å². The number of halogens is 1. The highest BCUT2D eigenvalue weighted by atomic mass is 35.5. The zero-order valence-corrected chi connectivity index (χ0v) is 11.1. The van der Waals surface area contributed by atoms with Crippen molar-refractivity contribution in [3.8, 4) is 0 Å². The molecule has 1 aromatic carbocycles. The van der Waals surface area contributed by atoms with Gasteiger partial charge in [0.2, 0.25) is 0 Å². The predicted molar refractivity (Wildman–Crippen MR) is 73.6 cm³/mol. The van der Waals surface area contributed by atoms with Crippen molar-refractivity contribution in [1.29, 1.82) is 0 Å². The number of hydrogen-bond donors (Lipinski definition) is 1. The van der Waals surface area contributed by atoms with Crippen LogP contribution >= 0.6 is 11.6 Å². The normalized spacial score (nSPS) is 9.65. The molecule has 92 valence electrons. The molecule has 1 N–H and O–H groups in total. The van der Waals surface area contributed by atoms with Gasteiger partial charge in [-0.1, -0.05) is 25.4 Å². The summed E-state index contributed by atoms with van der Waals surface area (Å²) in [5, 5.41) is 4.89. The summed E-state index contributed by atoms with van der Waals surface area (Å²) < 4.78 is 4.96. The lowest BCUT2D eigenvalue weighted by molar-refractivity contribution is 0.221. The fourth-order valence-electron chi connectivity index (χ4n) is 1.43. The first-order chi connectivity index (χ1) is 8.31. The second kappa shape index (κ2) is 7.09. The summed E-state index contributed by atoms with van der Waals surface area (Å²) in [6, 6.07) is 7.55. The maximum absolute atomic E-state index is 5.89. The van der Waals surface area contributed by atoms with Crippen molar-refractivity contribution >= 4 is 28.2 Å². The molecule has 17 heavy (non-hydrogen) atoms. The van der Waals surface area contributed by atoms with E-state index in [0.717, 1.165) is 16.6 Å². The zero-order valence-electron chi connectivity index (χ0n) is 10.3. The Morgan fingerprint density at radius 3 is 2.76 bits per heavy atom. The van der Waals surface area contributed by atoms with E-state index in [1.54, 1.807) is 13.3 Å². The van der Waals surface area contributed by atoms with E-state index in [2.05, 4.69) is 10.3 Å². The van der Waals surface area contributed by atoms with E-state index in [9.17, 15) is 0 Å². The number of anilines is 1. The molecule has 2 aromatic rings. The third-order valence-corrected chi connectivity index (χ3v) is 2.35. The predicted octanol–water partition coefficient (Wildman–Crippen LogP) is 3.93. The van der Waals surface area contributed by atoms with E-state index >= 15 is 0 Å². The highest BCUT2D eigenvalue weighted by Crippen LogP contribution is 2.23. The van der Waals surface area contributed by atoms with E-state index in [1.807, 2.05) is 38.1 Å². The Balaban J connectivity index is 0.000000686. The van der Waals surface area contributed by atoms with Crippen molar-refractivity contribution in [2.24, 2.45) is 0 Å². The number of fused-ring (bicyclic) bond motifs is 1. The number of ether oxygens (including phenoxy) is 1. The van der Waals surface area contributed by atoms with E-state index in [1.165, 1.54) is 0 Å². The van der Waals surface area contributed by atoms with Crippen molar-refractivity contribution in [3.05, 3.63) is 35.5 Å². The molecule has 0 atom stereocenters. The standard InChI is InChI=1S/C11H11ClN2O.C2H6/c1-15-7-14-10-4-5-13-11-6-8(12)2-3-9(10)11;1-2/h2-6H,7H2,1H3,(H,13,14);1-2H3. The van der Waals surface area contributed by atoms with Crippen molar-refractivity contribution < 1.29 is 4.74 Å². The van der Waals surface area contributed by atoms with Crippen LogP contribution in [0.25, 0.3) is 10.9 Å². The number of methoxy groups -OCH3 is 1. The number of nitrogens with one attached hydrogen (secondary N) is 1. The molecule has 0 bridgehead atoms. The topological polar surface area (TPSA) is 34.1 Å². The molecule has 0 saturated heterocycles. The molecule has 3 nitrogen and oxygen atoms in total. The van der Waals surface area contributed by atoms with Gasteiger partial charge < -0.3 is 10.1 Å². The third-order valence-electron chi connectivity index (χ3n) is 2.11. The molecule has 1 heterocycles. The summed E-state index contributed by atoms with van der Waals surface area (Å²) in [5.74, 6) is 0. The SMILES string of the molecule is CC.COCNc1ccnc2cc(Cl)ccc12. The number of hydrogen-bond acceptors (Lipinski definition) is 3. The van der Waals surface area contributed by atoms with E-state index in [0.29, 0.717) is 11.8 Å². The van der Waals surface area contributed by atoms with Crippen LogP contribution in [0.2, 0.25) is 5.02 Å². The van der Waals surface area contributed by atoms with Gasteiger partial charge >= 0.3 is 0 Å². The summed E-state index contributed by atoms with van der Waals surface area (Å²) >= 11 is 5.89. The summed E-state index contributed by atoms with van der Waals surface area (Å²) in [6.45, 7) is 4.47. The summed E-state index contributed by atoms with van der Waals surface area (Å²) in [4.78, 5) is 4.25. The van der Waals surface area contributed by atoms with Gasteiger partial charge in [-0.3, -0.25) is 4.98 Å². The van der Waals surface area contributed by atoms with Gasteiger partial charge in [0.25, 0.3) is 0 Å². The van der Waals surface area contributed by atoms with Crippen LogP contribution in [0.15, 0.2) is 30.5 Å². The summed E-state index contributed by atoms with van der Waals surface area (Å²) in [5.41, 5.74) is 1.88. The van der Waals surface area contributed by atoms with Crippen LogP contribution in [0.1, 0.15) is 13.8 Å². The van der Waals surface area contributed by atoms with Crippen LogP contribution in [0.5, 0.6) is 0 Å². The fourth-order valence-corrected chi connectivity index (χ4v) is 1.59. The molecular weight excluding hydrogens is 236 g/mol. The fraction of sp³-hybridized carbons (Fsp3) is 0.308. The zero-order chi connectivity index (χ0) is 12.7. The molecule has 0 fully saturated rings. The molecule has 0 aliphatic rings. The molecule has 0 spiro atoms. The largest absolute Gasteiger partial charge is 0.365 e. The van der Waals surface area contributed by atoms with Crippen molar-refractivity contribution in [2.45, 2.75) is 13.8 Å². The van der Waals surface area contributed by atoms with Gasteiger partial charge in [-0.2, -0.15) is 0 Å². The Bertz CT molecular complexity index is 474. The molecule has 0 aliphatic heterocycles. The first kappa shape index (κ1) is 13.7. The van der Waals surface area contributed by atoms with Crippen LogP contribution in [-0.4, -0.2) is 18.8 Å². The lowest BCUT2D eigenvalue weighted by atomic mass is 10.2. The number of benzene rings is 1. The Kier molecular flexibility index (Phi) is 5.73. The van der Waals surface area contributed by atoms with Gasteiger partial charge in [-0.15, -0.1) is 0 Å². The monoisotopic (exact) mass is 252 g/mol. The molecular formula is C13H17ClN2O. The molecule has 0 radical (unpaired) electrons. The minimum atomic E-state index is 0.474. The summed E-state index contributed by atoms with van der Waals surface area (Å²) in [7, 11) is 1.65. The maximum Gasteiger partial charge on any atom is 0.116 e. The van der Waals surface area contributed by atoms with E-state index < -0.39 is 0 Å². The molecule has 2 rings (SSSR count). The van der Waals surface area contributed by atoms with Crippen molar-refractivity contribution in [3.63, 3.8) is 0 Å². The Labute approximate surface area is 107 Å². The highest BCUT2D eigenvalue weighted by molar-refractivity contribution is 6.31. The van der Waals surface area contributed by atoms with Gasteiger partial charge in [0, 0.05) is 29.4 Å². The van der Waals surface area contributed by atoms with Gasteiger partial charge in [0.05, 0.1) is 5.52 Å². The minimum Gasteiger partial charge on any atom is -0.365 e. The number of nitrogens with zero attached hydrogens (tertiary/aromatic N) is 1. The van der Waals surface area contributed by atoms with Crippen LogP contribution in [-0.2, 0) is 4.74 Å². The number of rotatable bonds is 3. The van der Waals surface area contributed by atoms with Gasteiger partial charge in [0.15, 0.2) is 0 Å². The lowest BCUT2D eigenvalue weighted by Crippen LogP contribution is -2.03. The molecule has 1 aromatic heterocycles. The van der Waals surface area contributed by atoms with Gasteiger partial charge in [-0.25, -0.2) is 0 Å². The smallest absolute Gasteiger partial charge is 0.116 e. The van der Waals surface area contributed by atoms with Crippen molar-refractivity contribution in [2.75, 3.05) is 19.2 Å². The van der Waals surface area contributed by atoms with Crippen molar-refractivity contribution in [1.82, 2.24) is 4.98 Å². The third kappa shape index (κ3) is 3.58. The molecule has 0 amide bonds. The number of aromatic nitrogens is 1. The van der Waals surface area contributed by atoms with Crippen LogP contribution in [0.4, 0.5) is 5.69 Å². The molecule has 4 heteroatoms. The Morgan fingerprint density at radius 1 is 1.29 bits per heavy atom. The average molecular weight is 253 g/mol. The van der Waals surface area contributed by atoms with Gasteiger partial charge in [0.1, 0.15) is 6.73 Å².